The zero-order chi connectivity index (χ0) is 15.6. The topological polar surface area (TPSA) is 54.5 Å². The number of likely N-dealkylation sites (tertiary alicyclic amines) is 1. The summed E-state index contributed by atoms with van der Waals surface area (Å²) in [6.07, 6.45) is 1.97. The smallest absolute Gasteiger partial charge is 0.227 e. The van der Waals surface area contributed by atoms with E-state index in [0.29, 0.717) is 25.9 Å². The van der Waals surface area contributed by atoms with Gasteiger partial charge in [-0.15, -0.1) is 0 Å². The quantitative estimate of drug-likeness (QED) is 0.850. The zero-order valence-electron chi connectivity index (χ0n) is 11.7. The lowest BCUT2D eigenvalue weighted by atomic mass is 10.1. The van der Waals surface area contributed by atoms with Crippen LogP contribution in [-0.4, -0.2) is 43.8 Å². The molecule has 1 aliphatic rings. The number of carbonyl (C=O) groups excluding carboxylic acids is 1. The van der Waals surface area contributed by atoms with Gasteiger partial charge >= 0.3 is 0 Å². The van der Waals surface area contributed by atoms with Gasteiger partial charge in [0.2, 0.25) is 5.91 Å². The van der Waals surface area contributed by atoms with Gasteiger partial charge in [-0.05, 0) is 25.0 Å². The van der Waals surface area contributed by atoms with Crippen LogP contribution in [0.15, 0.2) is 18.2 Å². The third kappa shape index (κ3) is 3.95. The van der Waals surface area contributed by atoms with Crippen LogP contribution >= 0.6 is 11.6 Å². The third-order valence-electron chi connectivity index (χ3n) is 3.79. The van der Waals surface area contributed by atoms with Crippen molar-refractivity contribution in [1.82, 2.24) is 4.90 Å². The Balaban J connectivity index is 2.00. The number of piperidine rings is 1. The number of rotatable bonds is 3. The standard InChI is InChI=1S/C14H17ClFNO3S/c1-21(19,20)10-5-7-17(8-6-10)14(18)9-11-12(15)3-2-4-13(11)16/h2-4,10H,5-9H2,1H3. The Morgan fingerprint density at radius 3 is 2.52 bits per heavy atom. The van der Waals surface area contributed by atoms with Crippen LogP contribution in [-0.2, 0) is 21.1 Å². The van der Waals surface area contributed by atoms with Crippen molar-refractivity contribution in [2.75, 3.05) is 19.3 Å². The van der Waals surface area contributed by atoms with E-state index in [1.54, 1.807) is 11.0 Å². The van der Waals surface area contributed by atoms with Gasteiger partial charge in [0.15, 0.2) is 0 Å². The van der Waals surface area contributed by atoms with E-state index < -0.39 is 20.9 Å². The second kappa shape index (κ2) is 6.32. The average Bonchev–Trinajstić information content (AvgIpc) is 2.42. The first-order valence-corrected chi connectivity index (χ1v) is 9.02. The Labute approximate surface area is 128 Å². The highest BCUT2D eigenvalue weighted by Crippen LogP contribution is 2.22. The zero-order valence-corrected chi connectivity index (χ0v) is 13.3. The molecule has 0 aromatic heterocycles. The van der Waals surface area contributed by atoms with E-state index >= 15 is 0 Å². The number of halogens is 2. The van der Waals surface area contributed by atoms with Crippen LogP contribution in [0, 0.1) is 5.82 Å². The molecule has 0 N–H and O–H groups in total. The Hall–Kier alpha value is -1.14. The molecule has 1 aliphatic heterocycles. The summed E-state index contributed by atoms with van der Waals surface area (Å²) in [5, 5.41) is -0.159. The van der Waals surface area contributed by atoms with E-state index in [9.17, 15) is 17.6 Å². The molecule has 0 spiro atoms. The number of benzene rings is 1. The highest BCUT2D eigenvalue weighted by molar-refractivity contribution is 7.91. The minimum Gasteiger partial charge on any atom is -0.342 e. The number of hydrogen-bond acceptors (Lipinski definition) is 3. The second-order valence-electron chi connectivity index (χ2n) is 5.29. The third-order valence-corrected chi connectivity index (χ3v) is 5.83. The van der Waals surface area contributed by atoms with E-state index in [1.165, 1.54) is 18.4 Å². The van der Waals surface area contributed by atoms with Crippen molar-refractivity contribution in [3.8, 4) is 0 Å². The Kier molecular flexibility index (Phi) is 4.88. The van der Waals surface area contributed by atoms with Crippen LogP contribution in [0.1, 0.15) is 18.4 Å². The summed E-state index contributed by atoms with van der Waals surface area (Å²) in [7, 11) is -3.07. The number of nitrogens with zero attached hydrogens (tertiary/aromatic N) is 1. The van der Waals surface area contributed by atoms with Gasteiger partial charge < -0.3 is 4.90 Å². The molecule has 116 valence electrons. The van der Waals surface area contributed by atoms with Gasteiger partial charge in [0.25, 0.3) is 0 Å². The lowest BCUT2D eigenvalue weighted by Gasteiger charge is -2.31. The van der Waals surface area contributed by atoms with Crippen LogP contribution in [0.3, 0.4) is 0 Å². The fourth-order valence-corrected chi connectivity index (χ4v) is 3.79. The number of sulfone groups is 1. The highest BCUT2D eigenvalue weighted by atomic mass is 35.5. The van der Waals surface area contributed by atoms with Gasteiger partial charge in [-0.25, -0.2) is 12.8 Å². The number of hydrogen-bond donors (Lipinski definition) is 0. The van der Waals surface area contributed by atoms with Gasteiger partial charge in [-0.2, -0.15) is 0 Å². The Bertz CT molecular complexity index is 619. The molecule has 0 radical (unpaired) electrons. The van der Waals surface area contributed by atoms with E-state index in [2.05, 4.69) is 0 Å². The molecule has 0 bridgehead atoms. The maximum absolute atomic E-state index is 13.7. The monoisotopic (exact) mass is 333 g/mol. The molecule has 1 saturated heterocycles. The molecule has 1 heterocycles. The number of amides is 1. The maximum atomic E-state index is 13.7. The summed E-state index contributed by atoms with van der Waals surface area (Å²) in [5.41, 5.74) is 0.189. The van der Waals surface area contributed by atoms with Crippen molar-refractivity contribution in [2.45, 2.75) is 24.5 Å². The van der Waals surface area contributed by atoms with E-state index in [1.807, 2.05) is 0 Å². The predicted molar refractivity (Wildman–Crippen MR) is 79.6 cm³/mol. The molecule has 4 nitrogen and oxygen atoms in total. The lowest BCUT2D eigenvalue weighted by Crippen LogP contribution is -2.43. The van der Waals surface area contributed by atoms with Crippen LogP contribution in [0.2, 0.25) is 5.02 Å². The van der Waals surface area contributed by atoms with Gasteiger partial charge in [-0.1, -0.05) is 17.7 Å². The summed E-state index contributed by atoms with van der Waals surface area (Å²) >= 11 is 5.91. The summed E-state index contributed by atoms with van der Waals surface area (Å²) in [6, 6.07) is 4.30. The van der Waals surface area contributed by atoms with Crippen LogP contribution in [0.4, 0.5) is 4.39 Å². The van der Waals surface area contributed by atoms with Crippen LogP contribution < -0.4 is 0 Å². The molecule has 0 saturated carbocycles. The average molecular weight is 334 g/mol. The summed E-state index contributed by atoms with van der Waals surface area (Å²) in [5.74, 6) is -0.726. The summed E-state index contributed by atoms with van der Waals surface area (Å²) in [6.45, 7) is 0.755. The van der Waals surface area contributed by atoms with Gasteiger partial charge in [0.1, 0.15) is 15.7 Å². The molecule has 0 aliphatic carbocycles. The molecule has 7 heteroatoms. The Morgan fingerprint density at radius 1 is 1.38 bits per heavy atom. The fourth-order valence-electron chi connectivity index (χ4n) is 2.50. The van der Waals surface area contributed by atoms with Crippen molar-refractivity contribution in [2.24, 2.45) is 0 Å². The largest absolute Gasteiger partial charge is 0.342 e. The summed E-state index contributed by atoms with van der Waals surface area (Å²) < 4.78 is 36.6. The van der Waals surface area contributed by atoms with Crippen LogP contribution in [0.5, 0.6) is 0 Å². The molecular formula is C14H17ClFNO3S. The Morgan fingerprint density at radius 2 is 2.00 bits per heavy atom. The molecule has 21 heavy (non-hydrogen) atoms. The molecular weight excluding hydrogens is 317 g/mol. The van der Waals surface area contributed by atoms with E-state index in [0.717, 1.165) is 0 Å². The van der Waals surface area contributed by atoms with Crippen molar-refractivity contribution < 1.29 is 17.6 Å². The van der Waals surface area contributed by atoms with Crippen molar-refractivity contribution in [1.29, 1.82) is 0 Å². The molecule has 1 aromatic rings. The van der Waals surface area contributed by atoms with Crippen molar-refractivity contribution in [3.05, 3.63) is 34.6 Å². The van der Waals surface area contributed by atoms with Crippen molar-refractivity contribution in [3.63, 3.8) is 0 Å². The lowest BCUT2D eigenvalue weighted by molar-refractivity contribution is -0.131. The minimum absolute atomic E-state index is 0.102. The maximum Gasteiger partial charge on any atom is 0.227 e. The first kappa shape index (κ1) is 16.2. The SMILES string of the molecule is CS(=O)(=O)C1CCN(C(=O)Cc2c(F)cccc2Cl)CC1. The molecule has 2 rings (SSSR count). The van der Waals surface area contributed by atoms with Gasteiger partial charge in [0.05, 0.1) is 11.7 Å². The second-order valence-corrected chi connectivity index (χ2v) is 8.02. The first-order valence-electron chi connectivity index (χ1n) is 6.68. The highest BCUT2D eigenvalue weighted by Gasteiger charge is 2.29. The number of carbonyl (C=O) groups is 1. The fraction of sp³-hybridized carbons (Fsp3) is 0.500. The van der Waals surface area contributed by atoms with Crippen LogP contribution in [0.25, 0.3) is 0 Å². The van der Waals surface area contributed by atoms with Gasteiger partial charge in [0, 0.05) is 29.9 Å². The predicted octanol–water partition coefficient (Wildman–Crippen LogP) is 2.06. The molecule has 0 unspecified atom stereocenters. The van der Waals surface area contributed by atoms with Gasteiger partial charge in [-0.3, -0.25) is 4.79 Å². The van der Waals surface area contributed by atoms with Crippen molar-refractivity contribution >= 4 is 27.3 Å². The molecule has 1 fully saturated rings. The first-order chi connectivity index (χ1) is 9.79. The molecule has 0 atom stereocenters. The molecule has 1 amide bonds. The normalized spacial score (nSPS) is 17.0. The minimum atomic E-state index is -3.07. The molecule has 1 aromatic carbocycles. The van der Waals surface area contributed by atoms with E-state index in [-0.39, 0.29) is 22.9 Å². The summed E-state index contributed by atoms with van der Waals surface area (Å²) in [4.78, 5) is 13.8. The van der Waals surface area contributed by atoms with E-state index in [4.69, 9.17) is 11.6 Å².